The highest BCUT2D eigenvalue weighted by atomic mass is 19.3. The third kappa shape index (κ3) is 2.71. The van der Waals surface area contributed by atoms with Crippen LogP contribution in [0.5, 0.6) is 5.75 Å². The van der Waals surface area contributed by atoms with Crippen LogP contribution in [0.3, 0.4) is 0 Å². The van der Waals surface area contributed by atoms with Crippen LogP contribution in [-0.4, -0.2) is 6.61 Å². The Bertz CT molecular complexity index is 332. The van der Waals surface area contributed by atoms with Gasteiger partial charge < -0.3 is 4.74 Å². The van der Waals surface area contributed by atoms with Gasteiger partial charge in [-0.15, -0.1) is 0 Å². The van der Waals surface area contributed by atoms with Crippen LogP contribution in [0.15, 0.2) is 24.3 Å². The van der Waals surface area contributed by atoms with Gasteiger partial charge in [0.25, 0.3) is 0 Å². The Kier molecular flexibility index (Phi) is 3.75. The van der Waals surface area contributed by atoms with Crippen molar-refractivity contribution < 1.29 is 13.5 Å². The first-order chi connectivity index (χ1) is 7.77. The zero-order valence-corrected chi connectivity index (χ0v) is 9.16. The van der Waals surface area contributed by atoms with Crippen LogP contribution in [0.4, 0.5) is 8.78 Å². The van der Waals surface area contributed by atoms with E-state index < -0.39 is 6.61 Å². The Labute approximate surface area is 94.4 Å². The first-order valence-corrected chi connectivity index (χ1v) is 5.81. The number of rotatable bonds is 3. The van der Waals surface area contributed by atoms with Crippen molar-refractivity contribution in [2.75, 3.05) is 0 Å². The van der Waals surface area contributed by atoms with Crippen LogP contribution in [0.1, 0.15) is 43.6 Å². The minimum Gasteiger partial charge on any atom is -0.435 e. The van der Waals surface area contributed by atoms with Gasteiger partial charge in [-0.3, -0.25) is 0 Å². The van der Waals surface area contributed by atoms with E-state index in [-0.39, 0.29) is 0 Å². The Morgan fingerprint density at radius 1 is 1.06 bits per heavy atom. The van der Waals surface area contributed by atoms with E-state index in [1.165, 1.54) is 19.3 Å². The third-order valence-corrected chi connectivity index (χ3v) is 3.18. The van der Waals surface area contributed by atoms with E-state index in [1.807, 2.05) is 12.1 Å². The second kappa shape index (κ2) is 5.28. The van der Waals surface area contributed by atoms with Crippen molar-refractivity contribution in [3.05, 3.63) is 29.8 Å². The van der Waals surface area contributed by atoms with Crippen LogP contribution in [0.25, 0.3) is 0 Å². The smallest absolute Gasteiger partial charge is 0.387 e. The minimum absolute atomic E-state index is 0.351. The highest BCUT2D eigenvalue weighted by Crippen LogP contribution is 2.37. The molecule has 0 spiro atoms. The molecule has 0 radical (unpaired) electrons. The first kappa shape index (κ1) is 11.4. The maximum Gasteiger partial charge on any atom is 0.387 e. The van der Waals surface area contributed by atoms with Crippen LogP contribution in [-0.2, 0) is 0 Å². The molecule has 0 saturated heterocycles. The van der Waals surface area contributed by atoms with E-state index >= 15 is 0 Å². The van der Waals surface area contributed by atoms with Gasteiger partial charge in [-0.05, 0) is 30.4 Å². The number of hydrogen-bond donors (Lipinski definition) is 0. The van der Waals surface area contributed by atoms with Crippen molar-refractivity contribution in [1.29, 1.82) is 0 Å². The summed E-state index contributed by atoms with van der Waals surface area (Å²) in [5.74, 6) is 0.744. The molecular formula is C13H16F2O. The number of hydrogen-bond acceptors (Lipinski definition) is 1. The molecule has 1 nitrogen and oxygen atoms in total. The van der Waals surface area contributed by atoms with E-state index in [2.05, 4.69) is 4.74 Å². The topological polar surface area (TPSA) is 9.23 Å². The normalized spacial score (nSPS) is 17.7. The van der Waals surface area contributed by atoms with Gasteiger partial charge in [0.1, 0.15) is 5.75 Å². The molecule has 1 aromatic rings. The van der Waals surface area contributed by atoms with Crippen LogP contribution in [0, 0.1) is 0 Å². The molecule has 88 valence electrons. The predicted molar refractivity (Wildman–Crippen MR) is 58.9 cm³/mol. The summed E-state index contributed by atoms with van der Waals surface area (Å²) in [7, 11) is 0. The number of benzene rings is 1. The fourth-order valence-corrected chi connectivity index (χ4v) is 2.43. The third-order valence-electron chi connectivity index (χ3n) is 3.18. The molecule has 0 unspecified atom stereocenters. The molecule has 3 heteroatoms. The van der Waals surface area contributed by atoms with Crippen molar-refractivity contribution in [3.8, 4) is 5.75 Å². The maximum atomic E-state index is 12.2. The van der Waals surface area contributed by atoms with Crippen molar-refractivity contribution >= 4 is 0 Å². The molecule has 1 saturated carbocycles. The van der Waals surface area contributed by atoms with E-state index in [0.717, 1.165) is 18.4 Å². The lowest BCUT2D eigenvalue weighted by atomic mass is 9.84. The zero-order chi connectivity index (χ0) is 11.4. The molecule has 1 aliphatic carbocycles. The van der Waals surface area contributed by atoms with Gasteiger partial charge in [0.05, 0.1) is 0 Å². The maximum absolute atomic E-state index is 12.2. The minimum atomic E-state index is -2.73. The predicted octanol–water partition coefficient (Wildman–Crippen LogP) is 4.34. The van der Waals surface area contributed by atoms with Gasteiger partial charge in [-0.2, -0.15) is 8.78 Å². The lowest BCUT2D eigenvalue weighted by Crippen LogP contribution is -2.09. The highest BCUT2D eigenvalue weighted by molar-refractivity contribution is 5.36. The Hall–Kier alpha value is -1.12. The van der Waals surface area contributed by atoms with Crippen LogP contribution < -0.4 is 4.74 Å². The van der Waals surface area contributed by atoms with Crippen LogP contribution >= 0.6 is 0 Å². The van der Waals surface area contributed by atoms with E-state index in [0.29, 0.717) is 11.7 Å². The van der Waals surface area contributed by atoms with E-state index in [9.17, 15) is 8.78 Å². The van der Waals surface area contributed by atoms with Crippen molar-refractivity contribution in [2.45, 2.75) is 44.6 Å². The molecular weight excluding hydrogens is 210 g/mol. The molecule has 1 aromatic carbocycles. The summed E-state index contributed by atoms with van der Waals surface area (Å²) < 4.78 is 29.1. The standard InChI is InChI=1S/C13H16F2O/c14-13(15)16-12-9-5-4-8-11(12)10-6-2-1-3-7-10/h4-5,8-10,13H,1-3,6-7H2. The highest BCUT2D eigenvalue weighted by Gasteiger charge is 2.20. The molecule has 0 N–H and O–H groups in total. The molecule has 1 fully saturated rings. The molecule has 0 aliphatic heterocycles. The summed E-state index contributed by atoms with van der Waals surface area (Å²) in [5, 5.41) is 0. The summed E-state index contributed by atoms with van der Waals surface area (Å²) in [6, 6.07) is 7.18. The molecule has 16 heavy (non-hydrogen) atoms. The van der Waals surface area contributed by atoms with Gasteiger partial charge in [0.15, 0.2) is 0 Å². The van der Waals surface area contributed by atoms with Gasteiger partial charge in [-0.25, -0.2) is 0 Å². The molecule has 0 bridgehead atoms. The average Bonchev–Trinajstić information content (AvgIpc) is 2.30. The quantitative estimate of drug-likeness (QED) is 0.745. The monoisotopic (exact) mass is 226 g/mol. The fraction of sp³-hybridized carbons (Fsp3) is 0.538. The second-order valence-corrected chi connectivity index (χ2v) is 4.25. The molecule has 2 rings (SSSR count). The van der Waals surface area contributed by atoms with E-state index in [4.69, 9.17) is 0 Å². The summed E-state index contributed by atoms with van der Waals surface area (Å²) >= 11 is 0. The number of alkyl halides is 2. The summed E-state index contributed by atoms with van der Waals surface area (Å²) in [6.45, 7) is -2.73. The zero-order valence-electron chi connectivity index (χ0n) is 9.16. The molecule has 0 atom stereocenters. The number of ether oxygens (including phenoxy) is 1. The number of para-hydroxylation sites is 1. The largest absolute Gasteiger partial charge is 0.435 e. The molecule has 1 aliphatic rings. The second-order valence-electron chi connectivity index (χ2n) is 4.25. The van der Waals surface area contributed by atoms with Crippen molar-refractivity contribution in [3.63, 3.8) is 0 Å². The lowest BCUT2D eigenvalue weighted by molar-refractivity contribution is -0.0507. The Morgan fingerprint density at radius 3 is 2.44 bits per heavy atom. The molecule has 0 amide bonds. The molecule has 0 heterocycles. The number of halogens is 2. The first-order valence-electron chi connectivity index (χ1n) is 5.81. The summed E-state index contributed by atoms with van der Waals surface area (Å²) in [4.78, 5) is 0. The van der Waals surface area contributed by atoms with Gasteiger partial charge in [0, 0.05) is 0 Å². The lowest BCUT2D eigenvalue weighted by Gasteiger charge is -2.23. The van der Waals surface area contributed by atoms with E-state index in [1.54, 1.807) is 12.1 Å². The molecule has 0 aromatic heterocycles. The van der Waals surface area contributed by atoms with Gasteiger partial charge >= 0.3 is 6.61 Å². The Balaban J connectivity index is 2.17. The fourth-order valence-electron chi connectivity index (χ4n) is 2.43. The van der Waals surface area contributed by atoms with Crippen molar-refractivity contribution in [2.24, 2.45) is 0 Å². The Morgan fingerprint density at radius 2 is 1.75 bits per heavy atom. The van der Waals surface area contributed by atoms with Crippen LogP contribution in [0.2, 0.25) is 0 Å². The van der Waals surface area contributed by atoms with Crippen molar-refractivity contribution in [1.82, 2.24) is 0 Å². The summed E-state index contributed by atoms with van der Waals surface area (Å²) in [5.41, 5.74) is 0.947. The van der Waals surface area contributed by atoms with Gasteiger partial charge in [0.2, 0.25) is 0 Å². The van der Waals surface area contributed by atoms with Gasteiger partial charge in [-0.1, -0.05) is 37.5 Å². The SMILES string of the molecule is FC(F)Oc1ccccc1C1CCCCC1. The average molecular weight is 226 g/mol. The summed E-state index contributed by atoms with van der Waals surface area (Å²) in [6.07, 6.45) is 5.81.